The van der Waals surface area contributed by atoms with Crippen molar-refractivity contribution in [3.8, 4) is 5.75 Å². The van der Waals surface area contributed by atoms with E-state index in [0.29, 0.717) is 17.9 Å². The molecule has 0 bridgehead atoms. The van der Waals surface area contributed by atoms with Crippen molar-refractivity contribution in [1.82, 2.24) is 0 Å². The van der Waals surface area contributed by atoms with E-state index in [4.69, 9.17) is 10.1 Å². The van der Waals surface area contributed by atoms with Gasteiger partial charge in [-0.25, -0.2) is 0 Å². The number of rotatable bonds is 5. The minimum Gasteiger partial charge on any atom is -0.489 e. The van der Waals surface area contributed by atoms with Crippen LogP contribution < -0.4 is 9.64 Å². The summed E-state index contributed by atoms with van der Waals surface area (Å²) in [7, 11) is 0. The van der Waals surface area contributed by atoms with Crippen molar-refractivity contribution in [1.29, 1.82) is 5.41 Å². The molecule has 32 heavy (non-hydrogen) atoms. The summed E-state index contributed by atoms with van der Waals surface area (Å²) < 4.78 is 44.8. The van der Waals surface area contributed by atoms with Crippen LogP contribution in [0.1, 0.15) is 16.7 Å². The van der Waals surface area contributed by atoms with E-state index in [-0.39, 0.29) is 15.8 Å². The van der Waals surface area contributed by atoms with Crippen LogP contribution >= 0.6 is 11.8 Å². The van der Waals surface area contributed by atoms with Gasteiger partial charge in [0.05, 0.1) is 16.2 Å². The highest BCUT2D eigenvalue weighted by Gasteiger charge is 2.36. The molecule has 0 atom stereocenters. The Balaban J connectivity index is 1.48. The van der Waals surface area contributed by atoms with Gasteiger partial charge in [0, 0.05) is 0 Å². The molecule has 1 heterocycles. The normalized spacial score (nSPS) is 15.5. The molecule has 0 aromatic heterocycles. The van der Waals surface area contributed by atoms with E-state index in [9.17, 15) is 18.0 Å². The maximum absolute atomic E-state index is 13.0. The molecule has 0 saturated carbocycles. The third-order valence-electron chi connectivity index (χ3n) is 4.68. The topological polar surface area (TPSA) is 53.4 Å². The second-order valence-electron chi connectivity index (χ2n) is 6.95. The van der Waals surface area contributed by atoms with E-state index in [1.807, 2.05) is 30.3 Å². The van der Waals surface area contributed by atoms with Crippen LogP contribution in [-0.4, -0.2) is 11.1 Å². The number of halogens is 3. The zero-order valence-corrected chi connectivity index (χ0v) is 17.4. The first-order valence-corrected chi connectivity index (χ1v) is 10.4. The fourth-order valence-corrected chi connectivity index (χ4v) is 3.96. The lowest BCUT2D eigenvalue weighted by Gasteiger charge is -2.16. The average molecular weight is 454 g/mol. The monoisotopic (exact) mass is 454 g/mol. The molecule has 1 fully saturated rings. The highest BCUT2D eigenvalue weighted by molar-refractivity contribution is 8.19. The number of ether oxygens (including phenoxy) is 1. The summed E-state index contributed by atoms with van der Waals surface area (Å²) >= 11 is 0.905. The van der Waals surface area contributed by atoms with Crippen LogP contribution in [0.3, 0.4) is 0 Å². The highest BCUT2D eigenvalue weighted by atomic mass is 32.2. The Labute approximate surface area is 186 Å². The standard InChI is InChI=1S/C24H17F3N2O2S/c25-24(26,27)18-7-4-8-19(14-18)29-22(30)21(32-23(29)28)13-16-9-11-20(12-10-16)31-15-17-5-2-1-3-6-17/h1-14,28H,15H2/b21-13-,28-23?. The van der Waals surface area contributed by atoms with E-state index < -0.39 is 17.6 Å². The average Bonchev–Trinajstić information content (AvgIpc) is 3.06. The van der Waals surface area contributed by atoms with Gasteiger partial charge in [0.15, 0.2) is 5.17 Å². The molecule has 1 amide bonds. The van der Waals surface area contributed by atoms with Crippen LogP contribution in [-0.2, 0) is 17.6 Å². The number of carbonyl (C=O) groups is 1. The zero-order valence-electron chi connectivity index (χ0n) is 16.6. The number of alkyl halides is 3. The minimum absolute atomic E-state index is 0.00962. The largest absolute Gasteiger partial charge is 0.489 e. The maximum atomic E-state index is 13.0. The number of anilines is 1. The second kappa shape index (κ2) is 8.92. The summed E-state index contributed by atoms with van der Waals surface area (Å²) in [6.45, 7) is 0.429. The molecule has 4 rings (SSSR count). The Kier molecular flexibility index (Phi) is 6.05. The summed E-state index contributed by atoms with van der Waals surface area (Å²) in [6, 6.07) is 21.2. The van der Waals surface area contributed by atoms with Crippen molar-refractivity contribution in [3.63, 3.8) is 0 Å². The van der Waals surface area contributed by atoms with Crippen LogP contribution in [0, 0.1) is 5.41 Å². The number of nitrogens with one attached hydrogen (secondary N) is 1. The van der Waals surface area contributed by atoms with Gasteiger partial charge in [-0.15, -0.1) is 0 Å². The van der Waals surface area contributed by atoms with Gasteiger partial charge in [0.25, 0.3) is 5.91 Å². The molecule has 0 aliphatic carbocycles. The molecule has 0 unspecified atom stereocenters. The zero-order chi connectivity index (χ0) is 22.7. The highest BCUT2D eigenvalue weighted by Crippen LogP contribution is 2.38. The number of carbonyl (C=O) groups excluding carboxylic acids is 1. The molecule has 3 aromatic rings. The third kappa shape index (κ3) is 4.86. The van der Waals surface area contributed by atoms with E-state index >= 15 is 0 Å². The van der Waals surface area contributed by atoms with Crippen LogP contribution in [0.25, 0.3) is 6.08 Å². The smallest absolute Gasteiger partial charge is 0.416 e. The van der Waals surface area contributed by atoms with Crippen LogP contribution in [0.15, 0.2) is 83.8 Å². The van der Waals surface area contributed by atoms with Gasteiger partial charge < -0.3 is 4.74 Å². The first-order chi connectivity index (χ1) is 15.3. The predicted octanol–water partition coefficient (Wildman–Crippen LogP) is 6.34. The van der Waals surface area contributed by atoms with Gasteiger partial charge in [0.1, 0.15) is 12.4 Å². The van der Waals surface area contributed by atoms with E-state index in [0.717, 1.165) is 34.4 Å². The number of amides is 1. The quantitative estimate of drug-likeness (QED) is 0.458. The lowest BCUT2D eigenvalue weighted by Crippen LogP contribution is -2.28. The van der Waals surface area contributed by atoms with Gasteiger partial charge in [-0.05, 0) is 59.3 Å². The summed E-state index contributed by atoms with van der Waals surface area (Å²) in [5, 5.41) is 7.94. The third-order valence-corrected chi connectivity index (χ3v) is 5.57. The van der Waals surface area contributed by atoms with Crippen molar-refractivity contribution in [2.45, 2.75) is 12.8 Å². The number of nitrogens with zero attached hydrogens (tertiary/aromatic N) is 1. The number of thioether (sulfide) groups is 1. The Morgan fingerprint density at radius 3 is 2.38 bits per heavy atom. The van der Waals surface area contributed by atoms with E-state index in [1.165, 1.54) is 12.1 Å². The van der Waals surface area contributed by atoms with Crippen LogP contribution in [0.4, 0.5) is 18.9 Å². The maximum Gasteiger partial charge on any atom is 0.416 e. The summed E-state index contributed by atoms with van der Waals surface area (Å²) in [4.78, 5) is 14.0. The van der Waals surface area contributed by atoms with Crippen LogP contribution in [0.2, 0.25) is 0 Å². The molecule has 1 saturated heterocycles. The van der Waals surface area contributed by atoms with Crippen molar-refractivity contribution in [2.75, 3.05) is 4.90 Å². The molecule has 0 spiro atoms. The summed E-state index contributed by atoms with van der Waals surface area (Å²) in [5.41, 5.74) is 0.894. The summed E-state index contributed by atoms with van der Waals surface area (Å²) in [5.74, 6) is 0.128. The Bertz CT molecular complexity index is 1180. The number of hydrogen-bond acceptors (Lipinski definition) is 4. The molecular weight excluding hydrogens is 437 g/mol. The number of benzene rings is 3. The van der Waals surface area contributed by atoms with Crippen molar-refractivity contribution < 1.29 is 22.7 Å². The molecule has 0 radical (unpaired) electrons. The molecular formula is C24H17F3N2O2S. The van der Waals surface area contributed by atoms with Crippen LogP contribution in [0.5, 0.6) is 5.75 Å². The molecule has 1 aliphatic rings. The lowest BCUT2D eigenvalue weighted by molar-refractivity contribution is -0.137. The summed E-state index contributed by atoms with van der Waals surface area (Å²) in [6.07, 6.45) is -2.92. The van der Waals surface area contributed by atoms with Gasteiger partial charge >= 0.3 is 6.18 Å². The predicted molar refractivity (Wildman–Crippen MR) is 119 cm³/mol. The minimum atomic E-state index is -4.53. The number of hydrogen-bond donors (Lipinski definition) is 1. The van der Waals surface area contributed by atoms with Gasteiger partial charge in [0.2, 0.25) is 0 Å². The van der Waals surface area contributed by atoms with Crippen molar-refractivity contribution >= 4 is 34.6 Å². The fraction of sp³-hybridized carbons (Fsp3) is 0.0833. The fourth-order valence-electron chi connectivity index (χ4n) is 3.10. The first-order valence-electron chi connectivity index (χ1n) is 9.58. The van der Waals surface area contributed by atoms with Gasteiger partial charge in [-0.3, -0.25) is 15.1 Å². The molecule has 1 N–H and O–H groups in total. The van der Waals surface area contributed by atoms with Crippen molar-refractivity contribution in [2.24, 2.45) is 0 Å². The Morgan fingerprint density at radius 1 is 0.969 bits per heavy atom. The molecule has 4 nitrogen and oxygen atoms in total. The lowest BCUT2D eigenvalue weighted by atomic mass is 10.1. The molecule has 1 aliphatic heterocycles. The van der Waals surface area contributed by atoms with Gasteiger partial charge in [-0.1, -0.05) is 48.5 Å². The second-order valence-corrected chi connectivity index (χ2v) is 7.98. The Morgan fingerprint density at radius 2 is 1.69 bits per heavy atom. The van der Waals surface area contributed by atoms with E-state index in [1.54, 1.807) is 30.3 Å². The van der Waals surface area contributed by atoms with Crippen molar-refractivity contribution in [3.05, 3.63) is 100 Å². The first kappa shape index (κ1) is 21.7. The Hall–Kier alpha value is -3.52. The SMILES string of the molecule is N=C1S/C(=C\c2ccc(OCc3ccccc3)cc2)C(=O)N1c1cccc(C(F)(F)F)c1. The van der Waals surface area contributed by atoms with Gasteiger partial charge in [-0.2, -0.15) is 13.2 Å². The van der Waals surface area contributed by atoms with E-state index in [2.05, 4.69) is 0 Å². The molecule has 162 valence electrons. The molecule has 3 aromatic carbocycles. The molecule has 8 heteroatoms. The number of amidine groups is 1.